The first-order chi connectivity index (χ1) is 13.1. The Kier molecular flexibility index (Phi) is 20.5. The summed E-state index contributed by atoms with van der Waals surface area (Å²) in [6.07, 6.45) is 25.6. The Hall–Kier alpha value is -0.110. The predicted molar refractivity (Wildman–Crippen MR) is 120 cm³/mol. The average Bonchev–Trinajstić information content (AvgIpc) is 2.65. The summed E-state index contributed by atoms with van der Waals surface area (Å²) in [6.45, 7) is 4.81. The maximum atomic E-state index is 11.9. The predicted octanol–water partition coefficient (Wildman–Crippen LogP) is 8.42. The van der Waals surface area contributed by atoms with Crippen LogP contribution in [0.25, 0.3) is 0 Å². The molecule has 0 aliphatic rings. The third-order valence-electron chi connectivity index (χ3n) is 4.99. The first kappa shape index (κ1) is 26.9. The van der Waals surface area contributed by atoms with Crippen molar-refractivity contribution in [2.24, 2.45) is 0 Å². The van der Waals surface area contributed by atoms with E-state index in [1.165, 1.54) is 70.6 Å². The van der Waals surface area contributed by atoms with E-state index in [4.69, 9.17) is 4.52 Å². The molecule has 0 fully saturated rings. The van der Waals surface area contributed by atoms with Crippen molar-refractivity contribution in [1.82, 2.24) is 0 Å². The smallest absolute Gasteiger partial charge is 0.324 e. The van der Waals surface area contributed by atoms with E-state index in [-0.39, 0.29) is 0 Å². The Bertz CT molecular complexity index is 369. The Morgan fingerprint density at radius 2 is 1.11 bits per heavy atom. The average molecular weight is 403 g/mol. The molecular formula is C23H47O3P. The lowest BCUT2D eigenvalue weighted by Gasteiger charge is -2.11. The fraction of sp³-hybridized carbons (Fsp3) is 0.913. The van der Waals surface area contributed by atoms with Gasteiger partial charge >= 0.3 is 7.60 Å². The van der Waals surface area contributed by atoms with Crippen molar-refractivity contribution in [3.63, 3.8) is 0 Å². The maximum absolute atomic E-state index is 11.9. The topological polar surface area (TPSA) is 46.5 Å². The van der Waals surface area contributed by atoms with Crippen LogP contribution in [-0.4, -0.2) is 17.7 Å². The molecular weight excluding hydrogens is 355 g/mol. The van der Waals surface area contributed by atoms with Crippen LogP contribution in [0.15, 0.2) is 12.2 Å². The first-order valence-electron chi connectivity index (χ1n) is 11.7. The lowest BCUT2D eigenvalue weighted by molar-refractivity contribution is 0.252. The van der Waals surface area contributed by atoms with Crippen molar-refractivity contribution in [1.29, 1.82) is 0 Å². The monoisotopic (exact) mass is 402 g/mol. The molecule has 0 heterocycles. The summed E-state index contributed by atoms with van der Waals surface area (Å²) >= 11 is 0. The van der Waals surface area contributed by atoms with Gasteiger partial charge < -0.3 is 9.42 Å². The molecule has 1 atom stereocenters. The van der Waals surface area contributed by atoms with E-state index < -0.39 is 7.60 Å². The van der Waals surface area contributed by atoms with Gasteiger partial charge in [-0.25, -0.2) is 0 Å². The molecule has 3 nitrogen and oxygen atoms in total. The maximum Gasteiger partial charge on any atom is 0.328 e. The van der Waals surface area contributed by atoms with Gasteiger partial charge in [-0.05, 0) is 38.5 Å². The number of unbranched alkanes of at least 4 members (excludes halogenated alkanes) is 14. The highest BCUT2D eigenvalue weighted by atomic mass is 31.2. The van der Waals surface area contributed by atoms with Crippen molar-refractivity contribution in [2.75, 3.05) is 12.8 Å². The normalized spacial score (nSPS) is 14.0. The molecule has 27 heavy (non-hydrogen) atoms. The summed E-state index contributed by atoms with van der Waals surface area (Å²) in [5.41, 5.74) is 0. The van der Waals surface area contributed by atoms with Crippen LogP contribution in [0.5, 0.6) is 0 Å². The van der Waals surface area contributed by atoms with Gasteiger partial charge in [-0.1, -0.05) is 96.6 Å². The SMILES string of the molecule is CCCCCCCC/C=C\CCCCCCCCP(=O)(O)OCCCCC. The zero-order valence-electron chi connectivity index (χ0n) is 18.3. The molecule has 0 bridgehead atoms. The van der Waals surface area contributed by atoms with Crippen LogP contribution in [0.3, 0.4) is 0 Å². The minimum atomic E-state index is -3.33. The van der Waals surface area contributed by atoms with E-state index in [0.717, 1.165) is 38.5 Å². The van der Waals surface area contributed by atoms with E-state index >= 15 is 0 Å². The molecule has 0 amide bonds. The van der Waals surface area contributed by atoms with Crippen LogP contribution in [0, 0.1) is 0 Å². The van der Waals surface area contributed by atoms with Crippen LogP contribution in [-0.2, 0) is 9.09 Å². The fourth-order valence-corrected chi connectivity index (χ4v) is 4.35. The van der Waals surface area contributed by atoms with Gasteiger partial charge in [-0.3, -0.25) is 4.57 Å². The minimum Gasteiger partial charge on any atom is -0.324 e. The van der Waals surface area contributed by atoms with Crippen molar-refractivity contribution < 1.29 is 14.0 Å². The largest absolute Gasteiger partial charge is 0.328 e. The highest BCUT2D eigenvalue weighted by Crippen LogP contribution is 2.43. The Morgan fingerprint density at radius 3 is 1.67 bits per heavy atom. The minimum absolute atomic E-state index is 0.320. The molecule has 0 rings (SSSR count). The quantitative estimate of drug-likeness (QED) is 0.119. The van der Waals surface area contributed by atoms with Gasteiger partial charge in [0.1, 0.15) is 0 Å². The number of hydrogen-bond acceptors (Lipinski definition) is 2. The fourth-order valence-electron chi connectivity index (χ4n) is 3.18. The van der Waals surface area contributed by atoms with E-state index in [1.807, 2.05) is 0 Å². The second-order valence-corrected chi connectivity index (χ2v) is 9.82. The molecule has 0 aliphatic carbocycles. The van der Waals surface area contributed by atoms with Crippen molar-refractivity contribution in [2.45, 2.75) is 123 Å². The molecule has 0 saturated heterocycles. The first-order valence-corrected chi connectivity index (χ1v) is 13.5. The van der Waals surface area contributed by atoms with Crippen LogP contribution in [0.1, 0.15) is 123 Å². The highest BCUT2D eigenvalue weighted by molar-refractivity contribution is 7.52. The summed E-state index contributed by atoms with van der Waals surface area (Å²) in [6, 6.07) is 0. The van der Waals surface area contributed by atoms with Crippen LogP contribution in [0.2, 0.25) is 0 Å². The lowest BCUT2D eigenvalue weighted by atomic mass is 10.1. The van der Waals surface area contributed by atoms with Gasteiger partial charge in [-0.15, -0.1) is 0 Å². The van der Waals surface area contributed by atoms with E-state index in [9.17, 15) is 9.46 Å². The third-order valence-corrected chi connectivity index (χ3v) is 6.46. The van der Waals surface area contributed by atoms with Crippen LogP contribution < -0.4 is 0 Å². The zero-order chi connectivity index (χ0) is 20.1. The van der Waals surface area contributed by atoms with Crippen LogP contribution >= 0.6 is 7.60 Å². The Labute approximate surface area is 169 Å². The second kappa shape index (κ2) is 20.6. The Morgan fingerprint density at radius 1 is 0.667 bits per heavy atom. The molecule has 0 radical (unpaired) electrons. The molecule has 0 aromatic carbocycles. The van der Waals surface area contributed by atoms with E-state index in [1.54, 1.807) is 0 Å². The standard InChI is InChI=1S/C23H47O3P/c1-3-5-7-8-9-10-11-12-13-14-15-16-17-18-19-21-23-27(24,25)26-22-20-6-4-2/h12-13H,3-11,14-23H2,1-2H3,(H,24,25)/b13-12-. The molecule has 1 N–H and O–H groups in total. The summed E-state index contributed by atoms with van der Waals surface area (Å²) in [7, 11) is -3.33. The van der Waals surface area contributed by atoms with E-state index in [0.29, 0.717) is 12.8 Å². The zero-order valence-corrected chi connectivity index (χ0v) is 19.2. The lowest BCUT2D eigenvalue weighted by Crippen LogP contribution is -1.97. The Balaban J connectivity index is 3.30. The molecule has 0 saturated carbocycles. The van der Waals surface area contributed by atoms with Gasteiger partial charge in [0.25, 0.3) is 0 Å². The molecule has 0 aromatic heterocycles. The summed E-state index contributed by atoms with van der Waals surface area (Å²) in [4.78, 5) is 9.75. The van der Waals surface area contributed by atoms with Crippen molar-refractivity contribution >= 4 is 7.60 Å². The highest BCUT2D eigenvalue weighted by Gasteiger charge is 2.17. The molecule has 1 unspecified atom stereocenters. The molecule has 162 valence electrons. The molecule has 4 heteroatoms. The van der Waals surface area contributed by atoms with E-state index in [2.05, 4.69) is 26.0 Å². The van der Waals surface area contributed by atoms with Crippen molar-refractivity contribution in [3.05, 3.63) is 12.2 Å². The summed E-state index contributed by atoms with van der Waals surface area (Å²) < 4.78 is 17.0. The second-order valence-electron chi connectivity index (χ2n) is 7.84. The molecule has 0 aliphatic heterocycles. The van der Waals surface area contributed by atoms with Crippen molar-refractivity contribution in [3.8, 4) is 0 Å². The molecule has 0 aromatic rings. The third kappa shape index (κ3) is 22.0. The van der Waals surface area contributed by atoms with Gasteiger partial charge in [0.05, 0.1) is 6.61 Å². The van der Waals surface area contributed by atoms with Gasteiger partial charge in [0, 0.05) is 6.16 Å². The number of hydrogen-bond donors (Lipinski definition) is 1. The number of allylic oxidation sites excluding steroid dienone is 2. The summed E-state index contributed by atoms with van der Waals surface area (Å²) in [5, 5.41) is 0. The van der Waals surface area contributed by atoms with Gasteiger partial charge in [-0.2, -0.15) is 0 Å². The molecule has 0 spiro atoms. The number of rotatable bonds is 21. The summed E-state index contributed by atoms with van der Waals surface area (Å²) in [5.74, 6) is 0. The van der Waals surface area contributed by atoms with Gasteiger partial charge in [0.15, 0.2) is 0 Å². The van der Waals surface area contributed by atoms with Gasteiger partial charge in [0.2, 0.25) is 0 Å². The van der Waals surface area contributed by atoms with Crippen LogP contribution in [0.4, 0.5) is 0 Å².